The minimum atomic E-state index is -3.56. The van der Waals surface area contributed by atoms with E-state index in [2.05, 4.69) is 22.3 Å². The van der Waals surface area contributed by atoms with Gasteiger partial charge in [0.15, 0.2) is 0 Å². The molecule has 4 rings (SSSR count). The second-order valence-electron chi connectivity index (χ2n) is 9.37. The smallest absolute Gasteiger partial charge is 0.243 e. The van der Waals surface area contributed by atoms with Gasteiger partial charge in [-0.25, -0.2) is 8.42 Å². The van der Waals surface area contributed by atoms with Crippen molar-refractivity contribution in [2.75, 3.05) is 39.3 Å². The van der Waals surface area contributed by atoms with Gasteiger partial charge in [0.2, 0.25) is 21.8 Å². The molecule has 1 atom stereocenters. The SMILES string of the molecule is Cc1ccc(S(=O)(=O)N2CCN(C(=O)CCC(=O)NC3CCN(Cc4ccccc4)C3)CC2)cc1. The number of hydrogen-bond donors (Lipinski definition) is 1. The van der Waals surface area contributed by atoms with Crippen LogP contribution in [-0.4, -0.2) is 79.6 Å². The summed E-state index contributed by atoms with van der Waals surface area (Å²) in [5.74, 6) is -0.213. The van der Waals surface area contributed by atoms with Gasteiger partial charge in [0.05, 0.1) is 4.90 Å². The van der Waals surface area contributed by atoms with Crippen molar-refractivity contribution in [3.8, 4) is 0 Å². The number of carbonyl (C=O) groups is 2. The predicted octanol–water partition coefficient (Wildman–Crippen LogP) is 2.00. The fourth-order valence-electron chi connectivity index (χ4n) is 4.65. The second-order valence-corrected chi connectivity index (χ2v) is 11.3. The van der Waals surface area contributed by atoms with E-state index in [0.717, 1.165) is 31.6 Å². The number of hydrogen-bond acceptors (Lipinski definition) is 5. The number of likely N-dealkylation sites (tertiary alicyclic amines) is 1. The van der Waals surface area contributed by atoms with E-state index < -0.39 is 10.0 Å². The summed E-state index contributed by atoms with van der Waals surface area (Å²) in [5, 5.41) is 3.06. The third kappa shape index (κ3) is 6.68. The summed E-state index contributed by atoms with van der Waals surface area (Å²) in [6.07, 6.45) is 1.19. The zero-order valence-electron chi connectivity index (χ0n) is 20.2. The van der Waals surface area contributed by atoms with Gasteiger partial charge in [-0.3, -0.25) is 14.5 Å². The quantitative estimate of drug-likeness (QED) is 0.601. The van der Waals surface area contributed by atoms with Crippen LogP contribution < -0.4 is 5.32 Å². The Kier molecular flexibility index (Phi) is 8.20. The van der Waals surface area contributed by atoms with Gasteiger partial charge >= 0.3 is 0 Å². The standard InChI is InChI=1S/C26H34N4O4S/c1-21-7-9-24(10-8-21)35(33,34)30-17-15-29(16-18-30)26(32)12-11-25(31)27-23-13-14-28(20-23)19-22-5-3-2-4-6-22/h2-10,23H,11-20H2,1H3,(H,27,31). The van der Waals surface area contributed by atoms with E-state index in [4.69, 9.17) is 0 Å². The molecule has 0 aliphatic carbocycles. The van der Waals surface area contributed by atoms with Crippen LogP contribution in [0.5, 0.6) is 0 Å². The summed E-state index contributed by atoms with van der Waals surface area (Å²) in [6, 6.07) is 17.2. The molecule has 2 fully saturated rings. The zero-order chi connectivity index (χ0) is 24.8. The molecule has 9 heteroatoms. The first kappa shape index (κ1) is 25.3. The molecule has 2 saturated heterocycles. The number of piperazine rings is 1. The number of sulfonamides is 1. The van der Waals surface area contributed by atoms with E-state index in [1.165, 1.54) is 9.87 Å². The van der Waals surface area contributed by atoms with Gasteiger partial charge in [-0.05, 0) is 31.0 Å². The van der Waals surface area contributed by atoms with E-state index in [1.807, 2.05) is 25.1 Å². The lowest BCUT2D eigenvalue weighted by molar-refractivity contribution is -0.134. The molecule has 2 heterocycles. The molecule has 1 N–H and O–H groups in total. The summed E-state index contributed by atoms with van der Waals surface area (Å²) in [6.45, 7) is 5.72. The molecular formula is C26H34N4O4S. The van der Waals surface area contributed by atoms with Crippen LogP contribution in [0.15, 0.2) is 59.5 Å². The van der Waals surface area contributed by atoms with Crippen molar-refractivity contribution in [3.63, 3.8) is 0 Å². The lowest BCUT2D eigenvalue weighted by Gasteiger charge is -2.34. The van der Waals surface area contributed by atoms with Crippen LogP contribution >= 0.6 is 0 Å². The van der Waals surface area contributed by atoms with Crippen molar-refractivity contribution in [1.29, 1.82) is 0 Å². The van der Waals surface area contributed by atoms with E-state index in [9.17, 15) is 18.0 Å². The highest BCUT2D eigenvalue weighted by molar-refractivity contribution is 7.89. The van der Waals surface area contributed by atoms with Crippen molar-refractivity contribution < 1.29 is 18.0 Å². The van der Waals surface area contributed by atoms with Crippen LogP contribution in [0.1, 0.15) is 30.4 Å². The Labute approximate surface area is 207 Å². The fraction of sp³-hybridized carbons (Fsp3) is 0.462. The van der Waals surface area contributed by atoms with Crippen LogP contribution in [-0.2, 0) is 26.2 Å². The number of carbonyl (C=O) groups excluding carboxylic acids is 2. The molecule has 2 aromatic carbocycles. The number of benzene rings is 2. The first-order chi connectivity index (χ1) is 16.8. The maximum Gasteiger partial charge on any atom is 0.243 e. The zero-order valence-corrected chi connectivity index (χ0v) is 21.0. The molecule has 0 radical (unpaired) electrons. The number of nitrogens with one attached hydrogen (secondary N) is 1. The molecule has 35 heavy (non-hydrogen) atoms. The van der Waals surface area contributed by atoms with Gasteiger partial charge in [-0.15, -0.1) is 0 Å². The van der Waals surface area contributed by atoms with Gasteiger partial charge < -0.3 is 10.2 Å². The Morgan fingerprint density at radius 2 is 1.60 bits per heavy atom. The van der Waals surface area contributed by atoms with Crippen molar-refractivity contribution in [3.05, 3.63) is 65.7 Å². The topological polar surface area (TPSA) is 90.0 Å². The molecule has 2 aromatic rings. The molecule has 8 nitrogen and oxygen atoms in total. The molecule has 0 aromatic heterocycles. The summed E-state index contributed by atoms with van der Waals surface area (Å²) in [5.41, 5.74) is 2.26. The Morgan fingerprint density at radius 3 is 2.29 bits per heavy atom. The Balaban J connectivity index is 1.17. The molecule has 0 bridgehead atoms. The van der Waals surface area contributed by atoms with E-state index in [1.54, 1.807) is 29.2 Å². The van der Waals surface area contributed by atoms with E-state index >= 15 is 0 Å². The van der Waals surface area contributed by atoms with Gasteiger partial charge in [0.25, 0.3) is 0 Å². The highest BCUT2D eigenvalue weighted by Gasteiger charge is 2.30. The number of aryl methyl sites for hydroxylation is 1. The number of rotatable bonds is 8. The van der Waals surface area contributed by atoms with Crippen molar-refractivity contribution in [2.45, 2.75) is 43.7 Å². The normalized spacial score (nSPS) is 19.6. The van der Waals surface area contributed by atoms with Crippen molar-refractivity contribution >= 4 is 21.8 Å². The predicted molar refractivity (Wildman–Crippen MR) is 134 cm³/mol. The largest absolute Gasteiger partial charge is 0.352 e. The third-order valence-corrected chi connectivity index (χ3v) is 8.62. The molecule has 188 valence electrons. The van der Waals surface area contributed by atoms with Gasteiger partial charge in [-0.2, -0.15) is 4.31 Å². The van der Waals surface area contributed by atoms with Crippen molar-refractivity contribution in [2.24, 2.45) is 0 Å². The maximum atomic E-state index is 12.8. The molecule has 0 spiro atoms. The summed E-state index contributed by atoms with van der Waals surface area (Å²) in [4.78, 5) is 29.3. The molecule has 2 aliphatic rings. The van der Waals surface area contributed by atoms with Crippen molar-refractivity contribution in [1.82, 2.24) is 19.4 Å². The average molecular weight is 499 g/mol. The summed E-state index contributed by atoms with van der Waals surface area (Å²) in [7, 11) is -3.56. The van der Waals surface area contributed by atoms with Gasteiger partial charge in [0.1, 0.15) is 0 Å². The lowest BCUT2D eigenvalue weighted by Crippen LogP contribution is -2.50. The number of amides is 2. The molecule has 2 aliphatic heterocycles. The monoisotopic (exact) mass is 498 g/mol. The molecule has 2 amide bonds. The van der Waals surface area contributed by atoms with Gasteiger partial charge in [0, 0.05) is 64.7 Å². The number of nitrogens with zero attached hydrogens (tertiary/aromatic N) is 3. The van der Waals surface area contributed by atoms with Crippen LogP contribution in [0.3, 0.4) is 0 Å². The Morgan fingerprint density at radius 1 is 0.914 bits per heavy atom. The van der Waals surface area contributed by atoms with Gasteiger partial charge in [-0.1, -0.05) is 48.0 Å². The summed E-state index contributed by atoms with van der Waals surface area (Å²) >= 11 is 0. The first-order valence-corrected chi connectivity index (χ1v) is 13.7. The Hall–Kier alpha value is -2.75. The molecule has 1 unspecified atom stereocenters. The lowest BCUT2D eigenvalue weighted by atomic mass is 10.2. The minimum absolute atomic E-state index is 0.106. The van der Waals surface area contributed by atoms with E-state index in [-0.39, 0.29) is 48.7 Å². The van der Waals surface area contributed by atoms with E-state index in [0.29, 0.717) is 13.1 Å². The van der Waals surface area contributed by atoms with Crippen LogP contribution in [0.4, 0.5) is 0 Å². The Bertz CT molecular complexity index is 1110. The first-order valence-electron chi connectivity index (χ1n) is 12.2. The summed E-state index contributed by atoms with van der Waals surface area (Å²) < 4.78 is 27.1. The van der Waals surface area contributed by atoms with Crippen LogP contribution in [0.2, 0.25) is 0 Å². The highest BCUT2D eigenvalue weighted by atomic mass is 32.2. The van der Waals surface area contributed by atoms with Crippen LogP contribution in [0.25, 0.3) is 0 Å². The molecule has 0 saturated carbocycles. The molecular weight excluding hydrogens is 464 g/mol. The average Bonchev–Trinajstić information content (AvgIpc) is 3.30. The fourth-order valence-corrected chi connectivity index (χ4v) is 6.07. The van der Waals surface area contributed by atoms with Crippen LogP contribution in [0, 0.1) is 6.92 Å². The second kappa shape index (κ2) is 11.3. The minimum Gasteiger partial charge on any atom is -0.352 e. The third-order valence-electron chi connectivity index (χ3n) is 6.70. The maximum absolute atomic E-state index is 12.8. The highest BCUT2D eigenvalue weighted by Crippen LogP contribution is 2.19.